The Hall–Kier alpha value is -1.69. The predicted octanol–water partition coefficient (Wildman–Crippen LogP) is 1.65. The number of aryl methyl sites for hydroxylation is 1. The fraction of sp³-hybridized carbons (Fsp3) is 0.615. The zero-order chi connectivity index (χ0) is 14.0. The average molecular weight is 263 g/mol. The van der Waals surface area contributed by atoms with Crippen LogP contribution < -0.4 is 5.32 Å². The second-order valence-corrected chi connectivity index (χ2v) is 5.83. The first kappa shape index (κ1) is 13.7. The highest BCUT2D eigenvalue weighted by atomic mass is 16.5. The van der Waals surface area contributed by atoms with Crippen molar-refractivity contribution in [3.05, 3.63) is 18.3 Å². The minimum atomic E-state index is 0.137. The molecule has 1 N–H and O–H groups in total. The molecule has 2 aromatic heterocycles. The Morgan fingerprint density at radius 1 is 1.42 bits per heavy atom. The molecule has 0 saturated carbocycles. The Balaban J connectivity index is 2.13. The summed E-state index contributed by atoms with van der Waals surface area (Å²) in [5.74, 6) is 1.24. The highest BCUT2D eigenvalue weighted by Gasteiger charge is 2.25. The second-order valence-electron chi connectivity index (χ2n) is 5.83. The Labute approximate surface area is 113 Å². The molecule has 0 aliphatic carbocycles. The lowest BCUT2D eigenvalue weighted by atomic mass is 9.85. The first-order valence-electron chi connectivity index (χ1n) is 6.39. The smallest absolute Gasteiger partial charge is 0.228 e. The average Bonchev–Trinajstić information content (AvgIpc) is 2.92. The summed E-state index contributed by atoms with van der Waals surface area (Å²) in [7, 11) is 3.81. The van der Waals surface area contributed by atoms with E-state index in [0.717, 1.165) is 5.56 Å². The monoisotopic (exact) mass is 263 g/mol. The van der Waals surface area contributed by atoms with Crippen LogP contribution in [0.1, 0.15) is 26.7 Å². The number of hydrogen-bond acceptors (Lipinski definition) is 5. The number of likely N-dealkylation sites (N-methyl/N-ethyl adjacent to an activating group) is 1. The van der Waals surface area contributed by atoms with Crippen LogP contribution in [-0.2, 0) is 13.5 Å². The summed E-state index contributed by atoms with van der Waals surface area (Å²) >= 11 is 0. The van der Waals surface area contributed by atoms with Crippen LogP contribution in [0.25, 0.3) is 11.4 Å². The zero-order valence-electron chi connectivity index (χ0n) is 12.1. The van der Waals surface area contributed by atoms with Gasteiger partial charge in [0.05, 0.1) is 11.8 Å². The number of nitrogens with zero attached hydrogens (tertiary/aromatic N) is 4. The molecule has 0 bridgehead atoms. The Morgan fingerprint density at radius 2 is 2.16 bits per heavy atom. The van der Waals surface area contributed by atoms with Gasteiger partial charge in [0.1, 0.15) is 0 Å². The highest BCUT2D eigenvalue weighted by Crippen LogP contribution is 2.23. The summed E-state index contributed by atoms with van der Waals surface area (Å²) in [4.78, 5) is 4.42. The summed E-state index contributed by atoms with van der Waals surface area (Å²) in [6.07, 6.45) is 4.31. The van der Waals surface area contributed by atoms with Crippen LogP contribution >= 0.6 is 0 Å². The van der Waals surface area contributed by atoms with E-state index < -0.39 is 0 Å². The van der Waals surface area contributed by atoms with E-state index in [1.165, 1.54) is 0 Å². The molecule has 104 valence electrons. The first-order valence-corrected chi connectivity index (χ1v) is 6.39. The Kier molecular flexibility index (Phi) is 3.71. The lowest BCUT2D eigenvalue weighted by Gasteiger charge is -2.29. The summed E-state index contributed by atoms with van der Waals surface area (Å²) in [5.41, 5.74) is 1.01. The maximum atomic E-state index is 5.32. The number of nitrogens with one attached hydrogen (secondary N) is 1. The van der Waals surface area contributed by atoms with Crippen LogP contribution in [0.3, 0.4) is 0 Å². The standard InChI is InChI=1S/C13H21N5O/c1-13(2,3)10(14-4)6-11-16-12(17-19-11)9-7-15-18(5)8-9/h7-8,10,14H,6H2,1-5H3. The van der Waals surface area contributed by atoms with Crippen molar-refractivity contribution >= 4 is 0 Å². The van der Waals surface area contributed by atoms with Gasteiger partial charge in [0.2, 0.25) is 11.7 Å². The summed E-state index contributed by atoms with van der Waals surface area (Å²) < 4.78 is 7.04. The Bertz CT molecular complexity index is 537. The lowest BCUT2D eigenvalue weighted by molar-refractivity contribution is 0.255. The molecule has 0 saturated heterocycles. The van der Waals surface area contributed by atoms with Gasteiger partial charge in [0.15, 0.2) is 0 Å². The quantitative estimate of drug-likeness (QED) is 0.908. The summed E-state index contributed by atoms with van der Waals surface area (Å²) in [6, 6.07) is 0.287. The third-order valence-corrected chi connectivity index (χ3v) is 3.20. The maximum Gasteiger partial charge on any atom is 0.228 e. The van der Waals surface area contributed by atoms with Crippen LogP contribution in [0.15, 0.2) is 16.9 Å². The SMILES string of the molecule is CNC(Cc1nc(-c2cnn(C)c2)no1)C(C)(C)C. The minimum absolute atomic E-state index is 0.137. The van der Waals surface area contributed by atoms with Gasteiger partial charge < -0.3 is 9.84 Å². The van der Waals surface area contributed by atoms with E-state index >= 15 is 0 Å². The van der Waals surface area contributed by atoms with E-state index in [0.29, 0.717) is 18.1 Å². The summed E-state index contributed by atoms with van der Waals surface area (Å²) in [5, 5.41) is 11.4. The van der Waals surface area contributed by atoms with E-state index in [4.69, 9.17) is 4.52 Å². The van der Waals surface area contributed by atoms with Gasteiger partial charge in [-0.1, -0.05) is 25.9 Å². The van der Waals surface area contributed by atoms with Crippen molar-refractivity contribution < 1.29 is 4.52 Å². The van der Waals surface area contributed by atoms with Gasteiger partial charge in [-0.2, -0.15) is 10.1 Å². The van der Waals surface area contributed by atoms with Gasteiger partial charge in [-0.25, -0.2) is 0 Å². The van der Waals surface area contributed by atoms with Crippen LogP contribution in [-0.4, -0.2) is 33.0 Å². The largest absolute Gasteiger partial charge is 0.339 e. The minimum Gasteiger partial charge on any atom is -0.339 e. The molecule has 0 aliphatic rings. The highest BCUT2D eigenvalue weighted by molar-refractivity contribution is 5.50. The summed E-state index contributed by atoms with van der Waals surface area (Å²) in [6.45, 7) is 6.56. The third-order valence-electron chi connectivity index (χ3n) is 3.20. The van der Waals surface area contributed by atoms with E-state index in [1.54, 1.807) is 10.9 Å². The fourth-order valence-corrected chi connectivity index (χ4v) is 2.01. The molecule has 0 fully saturated rings. The maximum absolute atomic E-state index is 5.32. The van der Waals surface area contributed by atoms with Crippen LogP contribution in [0.5, 0.6) is 0 Å². The van der Waals surface area contributed by atoms with E-state index in [1.807, 2.05) is 20.3 Å². The van der Waals surface area contributed by atoms with Crippen molar-refractivity contribution in [3.63, 3.8) is 0 Å². The van der Waals surface area contributed by atoms with E-state index in [-0.39, 0.29) is 11.5 Å². The van der Waals surface area contributed by atoms with Crippen LogP contribution in [0, 0.1) is 5.41 Å². The Morgan fingerprint density at radius 3 is 2.68 bits per heavy atom. The lowest BCUT2D eigenvalue weighted by Crippen LogP contribution is -2.39. The van der Waals surface area contributed by atoms with Gasteiger partial charge in [-0.3, -0.25) is 4.68 Å². The van der Waals surface area contributed by atoms with Crippen molar-refractivity contribution in [2.75, 3.05) is 7.05 Å². The van der Waals surface area contributed by atoms with Gasteiger partial charge in [0.25, 0.3) is 0 Å². The van der Waals surface area contributed by atoms with Gasteiger partial charge in [-0.15, -0.1) is 0 Å². The molecule has 2 heterocycles. The molecule has 1 unspecified atom stereocenters. The van der Waals surface area contributed by atoms with Crippen LogP contribution in [0.2, 0.25) is 0 Å². The van der Waals surface area contributed by atoms with Crippen molar-refractivity contribution in [1.82, 2.24) is 25.2 Å². The van der Waals surface area contributed by atoms with Crippen molar-refractivity contribution in [2.45, 2.75) is 33.2 Å². The molecule has 0 amide bonds. The molecule has 6 nitrogen and oxygen atoms in total. The van der Waals surface area contributed by atoms with Crippen LogP contribution in [0.4, 0.5) is 0 Å². The van der Waals surface area contributed by atoms with E-state index in [2.05, 4.69) is 41.3 Å². The second kappa shape index (κ2) is 5.13. The molecule has 6 heteroatoms. The predicted molar refractivity (Wildman–Crippen MR) is 72.5 cm³/mol. The van der Waals surface area contributed by atoms with Crippen molar-refractivity contribution in [1.29, 1.82) is 0 Å². The number of aromatic nitrogens is 4. The molecule has 1 atom stereocenters. The van der Waals surface area contributed by atoms with Gasteiger partial charge in [-0.05, 0) is 12.5 Å². The fourth-order valence-electron chi connectivity index (χ4n) is 2.01. The molecule has 2 aromatic rings. The van der Waals surface area contributed by atoms with Gasteiger partial charge in [0, 0.05) is 25.7 Å². The molecule has 0 spiro atoms. The molecule has 0 aliphatic heterocycles. The molecule has 19 heavy (non-hydrogen) atoms. The first-order chi connectivity index (χ1) is 8.90. The molecule has 2 rings (SSSR count). The number of rotatable bonds is 4. The topological polar surface area (TPSA) is 68.8 Å². The van der Waals surface area contributed by atoms with Crippen molar-refractivity contribution in [3.8, 4) is 11.4 Å². The zero-order valence-corrected chi connectivity index (χ0v) is 12.1. The van der Waals surface area contributed by atoms with Crippen molar-refractivity contribution in [2.24, 2.45) is 12.5 Å². The molecule has 0 radical (unpaired) electrons. The molecular formula is C13H21N5O. The number of hydrogen-bond donors (Lipinski definition) is 1. The van der Waals surface area contributed by atoms with Gasteiger partial charge >= 0.3 is 0 Å². The van der Waals surface area contributed by atoms with E-state index in [9.17, 15) is 0 Å². The molecule has 0 aromatic carbocycles. The molecular weight excluding hydrogens is 242 g/mol. The normalized spacial score (nSPS) is 13.7. The third kappa shape index (κ3) is 3.20.